The number of carbonyl (C=O) groups excluding carboxylic acids is 1. The molecule has 1 aliphatic rings. The first-order chi connectivity index (χ1) is 9.05. The van der Waals surface area contributed by atoms with Gasteiger partial charge in [0.2, 0.25) is 10.0 Å². The fourth-order valence-electron chi connectivity index (χ4n) is 2.40. The third kappa shape index (κ3) is 2.98. The highest BCUT2D eigenvalue weighted by Crippen LogP contribution is 2.28. The molecule has 1 fully saturated rings. The van der Waals surface area contributed by atoms with Crippen LogP contribution in [0.2, 0.25) is 0 Å². The van der Waals surface area contributed by atoms with E-state index in [1.165, 1.54) is 23.7 Å². The van der Waals surface area contributed by atoms with Crippen LogP contribution < -0.4 is 0 Å². The molecule has 1 N–H and O–H groups in total. The smallest absolute Gasteiger partial charge is 0.321 e. The Morgan fingerprint density at radius 2 is 2.16 bits per heavy atom. The molecule has 19 heavy (non-hydrogen) atoms. The second-order valence-electron chi connectivity index (χ2n) is 4.61. The monoisotopic (exact) mass is 286 g/mol. The Morgan fingerprint density at radius 1 is 1.47 bits per heavy atom. The summed E-state index contributed by atoms with van der Waals surface area (Å²) in [5, 5.41) is 0. The number of nitrogens with one attached hydrogen (secondary N) is 1. The molecule has 1 aromatic rings. The number of ether oxygens (including phenoxy) is 1. The zero-order valence-corrected chi connectivity index (χ0v) is 11.6. The van der Waals surface area contributed by atoms with Gasteiger partial charge >= 0.3 is 5.97 Å². The molecular weight excluding hydrogens is 268 g/mol. The van der Waals surface area contributed by atoms with Crippen LogP contribution in [-0.2, 0) is 19.6 Å². The van der Waals surface area contributed by atoms with E-state index in [-0.39, 0.29) is 17.5 Å². The van der Waals surface area contributed by atoms with Gasteiger partial charge in [-0.3, -0.25) is 4.79 Å². The van der Waals surface area contributed by atoms with Crippen molar-refractivity contribution in [1.82, 2.24) is 9.29 Å². The van der Waals surface area contributed by atoms with E-state index < -0.39 is 16.0 Å². The van der Waals surface area contributed by atoms with Crippen molar-refractivity contribution in [3.05, 3.63) is 18.5 Å². The third-order valence-electron chi connectivity index (χ3n) is 3.42. The lowest BCUT2D eigenvalue weighted by Crippen LogP contribution is -2.42. The summed E-state index contributed by atoms with van der Waals surface area (Å²) in [6.45, 7) is -0.227. The van der Waals surface area contributed by atoms with Crippen LogP contribution in [-0.4, -0.2) is 43.4 Å². The molecular formula is C12H18N2O4S. The summed E-state index contributed by atoms with van der Waals surface area (Å²) in [4.78, 5) is 14.4. The quantitative estimate of drug-likeness (QED) is 0.823. The van der Waals surface area contributed by atoms with Crippen LogP contribution in [0.25, 0.3) is 0 Å². The van der Waals surface area contributed by atoms with Crippen molar-refractivity contribution >= 4 is 16.0 Å². The predicted molar refractivity (Wildman–Crippen MR) is 69.0 cm³/mol. The van der Waals surface area contributed by atoms with Crippen molar-refractivity contribution in [2.75, 3.05) is 13.7 Å². The van der Waals surface area contributed by atoms with Crippen LogP contribution >= 0.6 is 0 Å². The molecule has 106 valence electrons. The molecule has 1 aliphatic carbocycles. The fourth-order valence-corrected chi connectivity index (χ4v) is 4.01. The van der Waals surface area contributed by atoms with Crippen LogP contribution in [0.5, 0.6) is 0 Å². The maximum Gasteiger partial charge on any atom is 0.321 e. The van der Waals surface area contributed by atoms with Gasteiger partial charge in [-0.05, 0) is 18.9 Å². The number of aromatic nitrogens is 1. The number of carbonyl (C=O) groups is 1. The Bertz CT molecular complexity index is 518. The van der Waals surface area contributed by atoms with E-state index in [0.717, 1.165) is 25.7 Å². The number of hydrogen-bond acceptors (Lipinski definition) is 4. The highest BCUT2D eigenvalue weighted by molar-refractivity contribution is 7.89. The Hall–Kier alpha value is -1.34. The normalized spacial score (nSPS) is 16.9. The summed E-state index contributed by atoms with van der Waals surface area (Å²) in [6, 6.07) is 1.38. The Labute approximate surface area is 112 Å². The first kappa shape index (κ1) is 14.1. The lowest BCUT2D eigenvalue weighted by molar-refractivity contribution is -0.141. The van der Waals surface area contributed by atoms with E-state index in [1.807, 2.05) is 0 Å². The van der Waals surface area contributed by atoms with Gasteiger partial charge in [-0.1, -0.05) is 12.8 Å². The molecule has 0 radical (unpaired) electrons. The van der Waals surface area contributed by atoms with Gasteiger partial charge in [0.1, 0.15) is 6.54 Å². The number of sulfonamides is 1. The third-order valence-corrected chi connectivity index (χ3v) is 5.31. The average Bonchev–Trinajstić information content (AvgIpc) is 3.07. The van der Waals surface area contributed by atoms with Crippen LogP contribution in [0.1, 0.15) is 25.7 Å². The van der Waals surface area contributed by atoms with Gasteiger partial charge in [0, 0.05) is 18.4 Å². The summed E-state index contributed by atoms with van der Waals surface area (Å²) >= 11 is 0. The number of nitrogens with zero attached hydrogens (tertiary/aromatic N) is 1. The summed E-state index contributed by atoms with van der Waals surface area (Å²) in [5.74, 6) is -0.536. The standard InChI is InChI=1S/C12H18N2O4S/c1-18-12(15)9-14(10-4-2-3-5-10)19(16,17)11-6-7-13-8-11/h6-8,10,13H,2-5,9H2,1H3. The first-order valence-corrected chi connectivity index (χ1v) is 7.71. The maximum atomic E-state index is 12.5. The zero-order valence-electron chi connectivity index (χ0n) is 10.8. The SMILES string of the molecule is COC(=O)CN(C1CCCC1)S(=O)(=O)c1cc[nH]c1. The van der Waals surface area contributed by atoms with Gasteiger partial charge in [0.25, 0.3) is 0 Å². The lowest BCUT2D eigenvalue weighted by Gasteiger charge is -2.26. The molecule has 1 heterocycles. The number of esters is 1. The number of rotatable bonds is 5. The minimum Gasteiger partial charge on any atom is -0.468 e. The van der Waals surface area contributed by atoms with Crippen molar-refractivity contribution in [1.29, 1.82) is 0 Å². The molecule has 0 amide bonds. The minimum absolute atomic E-state index is 0.112. The summed E-state index contributed by atoms with van der Waals surface area (Å²) in [6.07, 6.45) is 6.55. The van der Waals surface area contributed by atoms with Crippen LogP contribution in [0.4, 0.5) is 0 Å². The predicted octanol–water partition coefficient (Wildman–Crippen LogP) is 1.12. The maximum absolute atomic E-state index is 12.5. The van der Waals surface area contributed by atoms with E-state index in [9.17, 15) is 13.2 Å². The van der Waals surface area contributed by atoms with E-state index in [2.05, 4.69) is 9.72 Å². The largest absolute Gasteiger partial charge is 0.468 e. The van der Waals surface area contributed by atoms with Gasteiger partial charge in [-0.2, -0.15) is 4.31 Å². The summed E-state index contributed by atoms with van der Waals surface area (Å²) < 4.78 is 30.9. The van der Waals surface area contributed by atoms with Crippen LogP contribution in [0, 0.1) is 0 Å². The molecule has 1 aromatic heterocycles. The first-order valence-electron chi connectivity index (χ1n) is 6.27. The molecule has 0 saturated heterocycles. The molecule has 2 rings (SSSR count). The van der Waals surface area contributed by atoms with E-state index >= 15 is 0 Å². The van der Waals surface area contributed by atoms with Gasteiger partial charge in [0.05, 0.1) is 12.0 Å². The molecule has 0 unspecified atom stereocenters. The topological polar surface area (TPSA) is 79.5 Å². The molecule has 7 heteroatoms. The molecule has 0 aliphatic heterocycles. The number of methoxy groups -OCH3 is 1. The van der Waals surface area contributed by atoms with Gasteiger partial charge < -0.3 is 9.72 Å². The fraction of sp³-hybridized carbons (Fsp3) is 0.583. The Kier molecular flexibility index (Phi) is 4.26. The Morgan fingerprint density at radius 3 is 2.68 bits per heavy atom. The summed E-state index contributed by atoms with van der Waals surface area (Å²) in [5.41, 5.74) is 0. The van der Waals surface area contributed by atoms with Crippen molar-refractivity contribution in [3.63, 3.8) is 0 Å². The molecule has 0 aromatic carbocycles. The van der Waals surface area contributed by atoms with E-state index in [1.54, 1.807) is 6.20 Å². The average molecular weight is 286 g/mol. The molecule has 0 atom stereocenters. The zero-order chi connectivity index (χ0) is 13.9. The molecule has 6 nitrogen and oxygen atoms in total. The molecule has 0 spiro atoms. The number of hydrogen-bond donors (Lipinski definition) is 1. The van der Waals surface area contributed by atoms with Crippen molar-refractivity contribution in [3.8, 4) is 0 Å². The second kappa shape index (κ2) is 5.75. The van der Waals surface area contributed by atoms with Crippen molar-refractivity contribution in [2.45, 2.75) is 36.6 Å². The van der Waals surface area contributed by atoms with Crippen molar-refractivity contribution in [2.24, 2.45) is 0 Å². The van der Waals surface area contributed by atoms with E-state index in [0.29, 0.717) is 0 Å². The number of aromatic amines is 1. The van der Waals surface area contributed by atoms with Crippen LogP contribution in [0.15, 0.2) is 23.4 Å². The van der Waals surface area contributed by atoms with Gasteiger partial charge in [-0.25, -0.2) is 8.42 Å². The minimum atomic E-state index is -3.65. The lowest BCUT2D eigenvalue weighted by atomic mass is 10.2. The summed E-state index contributed by atoms with van der Waals surface area (Å²) in [7, 11) is -2.38. The number of H-pyrrole nitrogens is 1. The van der Waals surface area contributed by atoms with Gasteiger partial charge in [-0.15, -0.1) is 0 Å². The van der Waals surface area contributed by atoms with E-state index in [4.69, 9.17) is 0 Å². The molecule has 0 bridgehead atoms. The Balaban J connectivity index is 2.28. The van der Waals surface area contributed by atoms with Crippen molar-refractivity contribution < 1.29 is 17.9 Å². The second-order valence-corrected chi connectivity index (χ2v) is 6.50. The van der Waals surface area contributed by atoms with Crippen LogP contribution in [0.3, 0.4) is 0 Å². The highest BCUT2D eigenvalue weighted by Gasteiger charge is 2.35. The highest BCUT2D eigenvalue weighted by atomic mass is 32.2. The van der Waals surface area contributed by atoms with Gasteiger partial charge in [0.15, 0.2) is 0 Å². The molecule has 1 saturated carbocycles.